The Morgan fingerprint density at radius 3 is 2.68 bits per heavy atom. The van der Waals surface area contributed by atoms with Crippen LogP contribution in [0.2, 0.25) is 0 Å². The van der Waals surface area contributed by atoms with E-state index in [9.17, 15) is 8.78 Å². The van der Waals surface area contributed by atoms with E-state index in [2.05, 4.69) is 6.58 Å². The van der Waals surface area contributed by atoms with Crippen LogP contribution in [0.4, 0.5) is 8.78 Å². The molecule has 0 saturated heterocycles. The molecule has 1 aliphatic heterocycles. The molecule has 0 fully saturated rings. The third-order valence-corrected chi connectivity index (χ3v) is 4.06. The van der Waals surface area contributed by atoms with Gasteiger partial charge in [0.05, 0.1) is 12.7 Å². The molecule has 2 aromatic rings. The molecule has 1 atom stereocenters. The van der Waals surface area contributed by atoms with Gasteiger partial charge in [-0.05, 0) is 53.3 Å². The van der Waals surface area contributed by atoms with Crippen LogP contribution in [0, 0.1) is 11.6 Å². The van der Waals surface area contributed by atoms with Crippen LogP contribution in [0.15, 0.2) is 49.1 Å². The van der Waals surface area contributed by atoms with Crippen molar-refractivity contribution < 1.29 is 13.5 Å². The number of aryl methyl sites for hydroxylation is 1. The zero-order chi connectivity index (χ0) is 15.5. The maximum atomic E-state index is 14.4. The number of hydrogen-bond donors (Lipinski definition) is 0. The summed E-state index contributed by atoms with van der Waals surface area (Å²) in [5, 5.41) is 0. The van der Waals surface area contributed by atoms with Gasteiger partial charge in [-0.2, -0.15) is 0 Å². The van der Waals surface area contributed by atoms with E-state index in [0.717, 1.165) is 29.5 Å². The maximum Gasteiger partial charge on any atom is 0.127 e. The second kappa shape index (κ2) is 6.41. The van der Waals surface area contributed by atoms with Crippen LogP contribution in [-0.4, -0.2) is 0 Å². The summed E-state index contributed by atoms with van der Waals surface area (Å²) in [5.41, 5.74) is 3.47. The molecule has 0 N–H and O–H groups in total. The Bertz CT molecular complexity index is 677. The Kier molecular flexibility index (Phi) is 4.34. The van der Waals surface area contributed by atoms with Crippen molar-refractivity contribution in [3.63, 3.8) is 0 Å². The summed E-state index contributed by atoms with van der Waals surface area (Å²) in [5.74, 6) is -0.454. The van der Waals surface area contributed by atoms with E-state index in [1.807, 2.05) is 12.1 Å². The summed E-state index contributed by atoms with van der Waals surface area (Å²) in [6.45, 7) is 4.08. The standard InChI is InChI=1S/C19H18F2O/c1-2-3-4-13-9-15-12-22-19(11-17(15)18(21)10-13)14-5-7-16(20)8-6-14/h2,5-10,19H,1,3-4,11-12H2. The van der Waals surface area contributed by atoms with E-state index in [0.29, 0.717) is 18.6 Å². The van der Waals surface area contributed by atoms with E-state index in [1.165, 1.54) is 12.1 Å². The molecule has 22 heavy (non-hydrogen) atoms. The molecule has 0 aromatic heterocycles. The highest BCUT2D eigenvalue weighted by Gasteiger charge is 2.24. The van der Waals surface area contributed by atoms with Crippen molar-refractivity contribution in [1.29, 1.82) is 0 Å². The lowest BCUT2D eigenvalue weighted by Crippen LogP contribution is -2.17. The van der Waals surface area contributed by atoms with E-state index in [1.54, 1.807) is 18.2 Å². The van der Waals surface area contributed by atoms with Crippen molar-refractivity contribution in [2.24, 2.45) is 0 Å². The Morgan fingerprint density at radius 1 is 1.18 bits per heavy atom. The zero-order valence-corrected chi connectivity index (χ0v) is 12.3. The topological polar surface area (TPSA) is 9.23 Å². The Labute approximate surface area is 129 Å². The average molecular weight is 300 g/mol. The number of halogens is 2. The highest BCUT2D eigenvalue weighted by atomic mass is 19.1. The lowest BCUT2D eigenvalue weighted by molar-refractivity contribution is 0.0261. The fraction of sp³-hybridized carbons (Fsp3) is 0.263. The van der Waals surface area contributed by atoms with E-state index >= 15 is 0 Å². The van der Waals surface area contributed by atoms with Gasteiger partial charge in [-0.15, -0.1) is 6.58 Å². The number of fused-ring (bicyclic) bond motifs is 1. The van der Waals surface area contributed by atoms with Gasteiger partial charge in [0.15, 0.2) is 0 Å². The molecule has 2 aromatic carbocycles. The monoisotopic (exact) mass is 300 g/mol. The van der Waals surface area contributed by atoms with Gasteiger partial charge in [0, 0.05) is 6.42 Å². The minimum atomic E-state index is -0.280. The van der Waals surface area contributed by atoms with Crippen molar-refractivity contribution >= 4 is 0 Å². The molecule has 114 valence electrons. The van der Waals surface area contributed by atoms with Crippen LogP contribution in [0.1, 0.15) is 34.8 Å². The second-order valence-corrected chi connectivity index (χ2v) is 5.60. The SMILES string of the molecule is C=CCCc1cc(F)c2c(c1)COC(c1ccc(F)cc1)C2. The van der Waals surface area contributed by atoms with Gasteiger partial charge in [0.25, 0.3) is 0 Å². The van der Waals surface area contributed by atoms with Gasteiger partial charge in [-0.25, -0.2) is 8.78 Å². The maximum absolute atomic E-state index is 14.4. The Hall–Kier alpha value is -2.00. The molecule has 1 aliphatic rings. The van der Waals surface area contributed by atoms with Gasteiger partial charge in [-0.3, -0.25) is 0 Å². The van der Waals surface area contributed by atoms with Gasteiger partial charge < -0.3 is 4.74 Å². The molecule has 3 heteroatoms. The smallest absolute Gasteiger partial charge is 0.127 e. The largest absolute Gasteiger partial charge is 0.368 e. The minimum Gasteiger partial charge on any atom is -0.368 e. The highest BCUT2D eigenvalue weighted by Crippen LogP contribution is 2.33. The Balaban J connectivity index is 1.83. The van der Waals surface area contributed by atoms with Crippen LogP contribution in [0.3, 0.4) is 0 Å². The predicted octanol–water partition coefficient (Wildman–Crippen LogP) is 4.90. The van der Waals surface area contributed by atoms with Gasteiger partial charge in [0.2, 0.25) is 0 Å². The van der Waals surface area contributed by atoms with E-state index in [4.69, 9.17) is 4.74 Å². The van der Waals surface area contributed by atoms with Crippen LogP contribution in [0.5, 0.6) is 0 Å². The molecule has 1 unspecified atom stereocenters. The van der Waals surface area contributed by atoms with Crippen molar-refractivity contribution in [2.45, 2.75) is 32.0 Å². The van der Waals surface area contributed by atoms with Crippen molar-refractivity contribution in [1.82, 2.24) is 0 Å². The number of rotatable bonds is 4. The lowest BCUT2D eigenvalue weighted by Gasteiger charge is -2.26. The molecule has 3 rings (SSSR count). The lowest BCUT2D eigenvalue weighted by atomic mass is 9.92. The molecule has 0 saturated carbocycles. The van der Waals surface area contributed by atoms with E-state index in [-0.39, 0.29) is 17.7 Å². The number of benzene rings is 2. The summed E-state index contributed by atoms with van der Waals surface area (Å²) >= 11 is 0. The third kappa shape index (κ3) is 3.09. The van der Waals surface area contributed by atoms with E-state index < -0.39 is 0 Å². The van der Waals surface area contributed by atoms with Crippen molar-refractivity contribution in [3.05, 3.63) is 82.9 Å². The Morgan fingerprint density at radius 2 is 1.95 bits per heavy atom. The second-order valence-electron chi connectivity index (χ2n) is 5.60. The molecular formula is C19H18F2O. The summed E-state index contributed by atoms with van der Waals surface area (Å²) in [6, 6.07) is 9.83. The van der Waals surface area contributed by atoms with Crippen LogP contribution in [-0.2, 0) is 24.2 Å². The van der Waals surface area contributed by atoms with Crippen LogP contribution in [0.25, 0.3) is 0 Å². The van der Waals surface area contributed by atoms with Gasteiger partial charge in [0.1, 0.15) is 11.6 Å². The molecule has 0 bridgehead atoms. The number of allylic oxidation sites excluding steroid dienone is 1. The van der Waals surface area contributed by atoms with Gasteiger partial charge >= 0.3 is 0 Å². The number of ether oxygens (including phenoxy) is 1. The fourth-order valence-corrected chi connectivity index (χ4v) is 2.85. The molecule has 0 aliphatic carbocycles. The molecule has 0 amide bonds. The highest BCUT2D eigenvalue weighted by molar-refractivity contribution is 5.36. The first kappa shape index (κ1) is 14.9. The molecule has 1 heterocycles. The molecule has 0 spiro atoms. The quantitative estimate of drug-likeness (QED) is 0.730. The summed E-state index contributed by atoms with van der Waals surface area (Å²) in [7, 11) is 0. The third-order valence-electron chi connectivity index (χ3n) is 4.06. The minimum absolute atomic E-state index is 0.174. The first-order valence-corrected chi connectivity index (χ1v) is 7.45. The first-order chi connectivity index (χ1) is 10.7. The van der Waals surface area contributed by atoms with Crippen LogP contribution < -0.4 is 0 Å². The summed E-state index contributed by atoms with van der Waals surface area (Å²) in [6.07, 6.45) is 3.71. The first-order valence-electron chi connectivity index (χ1n) is 7.45. The van der Waals surface area contributed by atoms with Crippen molar-refractivity contribution in [3.8, 4) is 0 Å². The average Bonchev–Trinajstić information content (AvgIpc) is 2.53. The van der Waals surface area contributed by atoms with Gasteiger partial charge in [-0.1, -0.05) is 24.3 Å². The normalized spacial score (nSPS) is 17.1. The number of hydrogen-bond acceptors (Lipinski definition) is 1. The molecular weight excluding hydrogens is 282 g/mol. The predicted molar refractivity (Wildman–Crippen MR) is 82.6 cm³/mol. The molecule has 0 radical (unpaired) electrons. The van der Waals surface area contributed by atoms with Crippen molar-refractivity contribution in [2.75, 3.05) is 0 Å². The zero-order valence-electron chi connectivity index (χ0n) is 12.3. The van der Waals surface area contributed by atoms with Crippen LogP contribution >= 0.6 is 0 Å². The summed E-state index contributed by atoms with van der Waals surface area (Å²) in [4.78, 5) is 0. The fourth-order valence-electron chi connectivity index (χ4n) is 2.85. The molecule has 1 nitrogen and oxygen atoms in total. The summed E-state index contributed by atoms with van der Waals surface area (Å²) < 4.78 is 33.2.